The zero-order chi connectivity index (χ0) is 49.5. The second kappa shape index (κ2) is 18.9. The van der Waals surface area contributed by atoms with Crippen molar-refractivity contribution in [2.45, 2.75) is 0 Å². The maximum atomic E-state index is 6.25. The molecule has 0 radical (unpaired) electrons. The molecule has 2 heteroatoms. The van der Waals surface area contributed by atoms with Gasteiger partial charge in [-0.25, -0.2) is 0 Å². The lowest BCUT2D eigenvalue weighted by Gasteiger charge is -2.23. The average molecular weight is 947 g/mol. The van der Waals surface area contributed by atoms with Crippen LogP contribution in [0.4, 0.5) is 0 Å². The van der Waals surface area contributed by atoms with Crippen molar-refractivity contribution in [3.8, 4) is 101 Å². The summed E-state index contributed by atoms with van der Waals surface area (Å²) in [7, 11) is 3.46. The second-order valence-corrected chi connectivity index (χ2v) is 19.1. The fourth-order valence-electron chi connectivity index (χ4n) is 11.2. The molecule has 0 saturated carbocycles. The molecule has 0 atom stereocenters. The minimum Gasteiger partial charge on any atom is -0.493 e. The smallest absolute Gasteiger partial charge is 0.161 e. The number of rotatable bonds is 10. The van der Waals surface area contributed by atoms with E-state index in [1.165, 1.54) is 54.9 Å². The van der Waals surface area contributed by atoms with Crippen molar-refractivity contribution in [2.75, 3.05) is 14.2 Å². The summed E-state index contributed by atoms with van der Waals surface area (Å²) in [5, 5.41) is 9.42. The molecule has 13 rings (SSSR count). The molecule has 0 amide bonds. The summed E-state index contributed by atoms with van der Waals surface area (Å²) in [5.74, 6) is 1.32. The van der Waals surface area contributed by atoms with Crippen molar-refractivity contribution in [1.82, 2.24) is 0 Å². The third-order valence-corrected chi connectivity index (χ3v) is 14.8. The van der Waals surface area contributed by atoms with E-state index in [4.69, 9.17) is 9.47 Å². The van der Waals surface area contributed by atoms with Crippen LogP contribution >= 0.6 is 0 Å². The van der Waals surface area contributed by atoms with E-state index in [0.717, 1.165) is 77.2 Å². The standard InChI is InChI=1S/C72H50O2/c1-73-71-45-69(67-43-55-31-15-13-29-53(55)41-65(67)59-35-19-17-33-57(59)63-39-51-27-11-9-25-49(51)37-61(63)47-21-5-3-6-22-47)70(46-72(71)74-2)68-44-56-32-16-14-30-54(56)42-66(68)60-36-20-18-34-58(60)64-40-52-28-12-10-26-50(52)38-62(64)48-23-7-4-8-24-48/h3-46H,1-2H3. The van der Waals surface area contributed by atoms with Crippen molar-refractivity contribution in [3.63, 3.8) is 0 Å². The molecule has 0 bridgehead atoms. The Kier molecular flexibility index (Phi) is 11.4. The predicted molar refractivity (Wildman–Crippen MR) is 313 cm³/mol. The molecule has 0 aromatic heterocycles. The van der Waals surface area contributed by atoms with E-state index in [2.05, 4.69) is 267 Å². The molecule has 0 N–H and O–H groups in total. The van der Waals surface area contributed by atoms with Crippen LogP contribution in [0.3, 0.4) is 0 Å². The molecule has 0 unspecified atom stereocenters. The van der Waals surface area contributed by atoms with E-state index in [1.807, 2.05) is 0 Å². The van der Waals surface area contributed by atoms with Gasteiger partial charge in [-0.05, 0) is 193 Å². The zero-order valence-electron chi connectivity index (χ0n) is 41.2. The van der Waals surface area contributed by atoms with Crippen LogP contribution in [-0.2, 0) is 0 Å². The third-order valence-electron chi connectivity index (χ3n) is 14.8. The Balaban J connectivity index is 1.10. The third kappa shape index (κ3) is 7.94. The molecule has 13 aromatic carbocycles. The van der Waals surface area contributed by atoms with Crippen LogP contribution in [0.2, 0.25) is 0 Å². The van der Waals surface area contributed by atoms with Gasteiger partial charge in [0.15, 0.2) is 11.5 Å². The van der Waals surface area contributed by atoms with Crippen molar-refractivity contribution in [2.24, 2.45) is 0 Å². The highest BCUT2D eigenvalue weighted by atomic mass is 16.5. The fraction of sp³-hybridized carbons (Fsp3) is 0.0278. The topological polar surface area (TPSA) is 18.5 Å². The Hall–Kier alpha value is -9.50. The SMILES string of the molecule is COc1cc(-c2cc3ccccc3cc2-c2ccccc2-c2cc3ccccc3cc2-c2ccccc2)c(-c2cc3ccccc3cc2-c2ccccc2-c2cc3ccccc3cc2-c2ccccc2)cc1OC. The Morgan fingerprint density at radius 1 is 0.176 bits per heavy atom. The zero-order valence-corrected chi connectivity index (χ0v) is 41.2. The number of hydrogen-bond donors (Lipinski definition) is 0. The molecule has 2 nitrogen and oxygen atoms in total. The first-order valence-electron chi connectivity index (χ1n) is 25.3. The van der Waals surface area contributed by atoms with E-state index < -0.39 is 0 Å². The summed E-state index contributed by atoms with van der Waals surface area (Å²) in [4.78, 5) is 0. The van der Waals surface area contributed by atoms with Crippen LogP contribution in [-0.4, -0.2) is 14.2 Å². The lowest BCUT2D eigenvalue weighted by Crippen LogP contribution is -1.98. The normalized spacial score (nSPS) is 11.4. The van der Waals surface area contributed by atoms with Crippen molar-refractivity contribution >= 4 is 43.1 Å². The number of hydrogen-bond acceptors (Lipinski definition) is 2. The van der Waals surface area contributed by atoms with E-state index in [1.54, 1.807) is 14.2 Å². The molecule has 13 aromatic rings. The van der Waals surface area contributed by atoms with Gasteiger partial charge in [0, 0.05) is 0 Å². The minimum absolute atomic E-state index is 0.658. The van der Waals surface area contributed by atoms with Crippen LogP contribution in [0.25, 0.3) is 132 Å². The van der Waals surface area contributed by atoms with E-state index in [-0.39, 0.29) is 0 Å². The van der Waals surface area contributed by atoms with E-state index >= 15 is 0 Å². The highest BCUT2D eigenvalue weighted by Crippen LogP contribution is 2.51. The number of ether oxygens (including phenoxy) is 2. The Morgan fingerprint density at radius 3 is 0.622 bits per heavy atom. The van der Waals surface area contributed by atoms with Crippen LogP contribution in [0, 0.1) is 0 Å². The summed E-state index contributed by atoms with van der Waals surface area (Å²) < 4.78 is 12.5. The maximum absolute atomic E-state index is 6.25. The summed E-state index contributed by atoms with van der Waals surface area (Å²) in [6.07, 6.45) is 0. The first kappa shape index (κ1) is 44.4. The van der Waals surface area contributed by atoms with Crippen molar-refractivity contribution in [3.05, 3.63) is 267 Å². The van der Waals surface area contributed by atoms with Gasteiger partial charge in [-0.2, -0.15) is 0 Å². The summed E-state index contributed by atoms with van der Waals surface area (Å²) in [5.41, 5.74) is 18.1. The molecular weight excluding hydrogens is 897 g/mol. The lowest BCUT2D eigenvalue weighted by molar-refractivity contribution is 0.355. The van der Waals surface area contributed by atoms with Gasteiger partial charge < -0.3 is 9.47 Å². The lowest BCUT2D eigenvalue weighted by atomic mass is 9.81. The van der Waals surface area contributed by atoms with Gasteiger partial charge in [-0.3, -0.25) is 0 Å². The Labute approximate surface area is 432 Å². The minimum atomic E-state index is 0.658. The monoisotopic (exact) mass is 946 g/mol. The Morgan fingerprint density at radius 2 is 0.365 bits per heavy atom. The summed E-state index contributed by atoms with van der Waals surface area (Å²) in [6.45, 7) is 0. The number of fused-ring (bicyclic) bond motifs is 4. The molecule has 0 fully saturated rings. The van der Waals surface area contributed by atoms with E-state index in [9.17, 15) is 0 Å². The van der Waals surface area contributed by atoms with Gasteiger partial charge in [0.05, 0.1) is 14.2 Å². The number of methoxy groups -OCH3 is 2. The largest absolute Gasteiger partial charge is 0.493 e. The van der Waals surface area contributed by atoms with Crippen LogP contribution in [0.5, 0.6) is 11.5 Å². The molecule has 0 aliphatic carbocycles. The summed E-state index contributed by atoms with van der Waals surface area (Å²) >= 11 is 0. The molecule has 0 saturated heterocycles. The Bertz CT molecular complexity index is 3990. The molecule has 0 aliphatic heterocycles. The first-order chi connectivity index (χ1) is 36.6. The maximum Gasteiger partial charge on any atom is 0.161 e. The molecular formula is C72H50O2. The van der Waals surface area contributed by atoms with Crippen molar-refractivity contribution < 1.29 is 9.47 Å². The number of benzene rings is 13. The highest BCUT2D eigenvalue weighted by Gasteiger charge is 2.25. The van der Waals surface area contributed by atoms with Crippen LogP contribution in [0.15, 0.2) is 267 Å². The van der Waals surface area contributed by atoms with Crippen LogP contribution < -0.4 is 9.47 Å². The van der Waals surface area contributed by atoms with Gasteiger partial charge >= 0.3 is 0 Å². The molecule has 0 spiro atoms. The van der Waals surface area contributed by atoms with Gasteiger partial charge in [0.2, 0.25) is 0 Å². The molecule has 350 valence electrons. The molecule has 0 aliphatic rings. The van der Waals surface area contributed by atoms with E-state index in [0.29, 0.717) is 11.5 Å². The average Bonchev–Trinajstić information content (AvgIpc) is 3.51. The molecule has 0 heterocycles. The molecule has 74 heavy (non-hydrogen) atoms. The predicted octanol–water partition coefficient (Wildman–Crippen LogP) is 19.7. The van der Waals surface area contributed by atoms with Crippen LogP contribution in [0.1, 0.15) is 0 Å². The second-order valence-electron chi connectivity index (χ2n) is 19.1. The summed E-state index contributed by atoms with van der Waals surface area (Å²) in [6, 6.07) is 97.5. The highest BCUT2D eigenvalue weighted by molar-refractivity contribution is 6.09. The van der Waals surface area contributed by atoms with Gasteiger partial charge in [0.1, 0.15) is 0 Å². The quantitative estimate of drug-likeness (QED) is 0.136. The van der Waals surface area contributed by atoms with Gasteiger partial charge in [-0.1, -0.05) is 206 Å². The van der Waals surface area contributed by atoms with Gasteiger partial charge in [0.25, 0.3) is 0 Å². The first-order valence-corrected chi connectivity index (χ1v) is 25.3. The van der Waals surface area contributed by atoms with Gasteiger partial charge in [-0.15, -0.1) is 0 Å². The van der Waals surface area contributed by atoms with Crippen molar-refractivity contribution in [1.29, 1.82) is 0 Å². The fourth-order valence-corrected chi connectivity index (χ4v) is 11.2.